The van der Waals surface area contributed by atoms with Crippen molar-refractivity contribution in [2.24, 2.45) is 0 Å². The second-order valence-electron chi connectivity index (χ2n) is 6.16. The molecule has 0 aliphatic rings. The number of nitrogen functional groups attached to an aromatic ring is 1. The van der Waals surface area contributed by atoms with Crippen molar-refractivity contribution < 1.29 is 14.3 Å². The molecule has 1 aromatic carbocycles. The van der Waals surface area contributed by atoms with Gasteiger partial charge in [0.1, 0.15) is 11.4 Å². The maximum atomic E-state index is 11.5. The second-order valence-corrected chi connectivity index (χ2v) is 6.16. The molecule has 0 saturated carbocycles. The van der Waals surface area contributed by atoms with Gasteiger partial charge in [-0.1, -0.05) is 12.1 Å². The molecule has 0 fully saturated rings. The maximum Gasteiger partial charge on any atom is 0.422 e. The highest BCUT2D eigenvalue weighted by Crippen LogP contribution is 2.20. The van der Waals surface area contributed by atoms with Crippen LogP contribution in [-0.2, 0) is 11.3 Å². The smallest absolute Gasteiger partial charge is 0.422 e. The Morgan fingerprint density at radius 1 is 1.17 bits per heavy atom. The van der Waals surface area contributed by atoms with Gasteiger partial charge >= 0.3 is 6.09 Å². The number of benzene rings is 1. The van der Waals surface area contributed by atoms with Crippen molar-refractivity contribution in [1.29, 1.82) is 0 Å². The van der Waals surface area contributed by atoms with Crippen molar-refractivity contribution in [1.82, 2.24) is 15.8 Å². The zero-order valence-corrected chi connectivity index (χ0v) is 14.0. The quantitative estimate of drug-likeness (QED) is 0.729. The average Bonchev–Trinajstić information content (AvgIpc) is 2.49. The van der Waals surface area contributed by atoms with Crippen LogP contribution in [0.25, 0.3) is 0 Å². The van der Waals surface area contributed by atoms with Gasteiger partial charge in [-0.2, -0.15) is 0 Å². The molecule has 0 radical (unpaired) electrons. The van der Waals surface area contributed by atoms with Crippen molar-refractivity contribution in [3.63, 3.8) is 0 Å². The van der Waals surface area contributed by atoms with Crippen LogP contribution in [0.4, 0.5) is 10.5 Å². The lowest BCUT2D eigenvalue weighted by atomic mass is 10.2. The summed E-state index contributed by atoms with van der Waals surface area (Å²) in [5, 5.41) is 0. The fraction of sp³-hybridized carbons (Fsp3) is 0.294. The van der Waals surface area contributed by atoms with Crippen molar-refractivity contribution in [2.75, 3.05) is 5.73 Å². The van der Waals surface area contributed by atoms with Gasteiger partial charge in [0.15, 0.2) is 0 Å². The third-order valence-electron chi connectivity index (χ3n) is 2.79. The number of carbonyl (C=O) groups excluding carboxylic acids is 1. The van der Waals surface area contributed by atoms with Crippen LogP contribution in [0.15, 0.2) is 42.6 Å². The van der Waals surface area contributed by atoms with Crippen molar-refractivity contribution >= 4 is 11.8 Å². The summed E-state index contributed by atoms with van der Waals surface area (Å²) in [6, 6.07) is 10.8. The van der Waals surface area contributed by atoms with Gasteiger partial charge < -0.3 is 15.2 Å². The number of aromatic nitrogens is 1. The minimum absolute atomic E-state index is 0.458. The van der Waals surface area contributed by atoms with Crippen LogP contribution >= 0.6 is 0 Å². The van der Waals surface area contributed by atoms with Crippen LogP contribution in [0.1, 0.15) is 26.3 Å². The first kappa shape index (κ1) is 17.6. The topological polar surface area (TPSA) is 98.5 Å². The minimum Gasteiger partial charge on any atom is -0.443 e. The van der Waals surface area contributed by atoms with Gasteiger partial charge in [-0.15, -0.1) is 0 Å². The van der Waals surface area contributed by atoms with E-state index in [0.29, 0.717) is 23.9 Å². The SMILES string of the molecule is CC(C)(C)OC(=O)NNCc1ccc(Oc2ccc(N)cn2)cc1. The summed E-state index contributed by atoms with van der Waals surface area (Å²) in [5.41, 5.74) is 11.9. The third-order valence-corrected chi connectivity index (χ3v) is 2.79. The molecule has 1 amide bonds. The van der Waals surface area contributed by atoms with Crippen molar-refractivity contribution in [2.45, 2.75) is 32.9 Å². The Morgan fingerprint density at radius 2 is 1.88 bits per heavy atom. The average molecular weight is 330 g/mol. The molecule has 1 heterocycles. The molecule has 24 heavy (non-hydrogen) atoms. The summed E-state index contributed by atoms with van der Waals surface area (Å²) >= 11 is 0. The first-order valence-electron chi connectivity index (χ1n) is 7.52. The Bertz CT molecular complexity index is 664. The zero-order valence-electron chi connectivity index (χ0n) is 14.0. The lowest BCUT2D eigenvalue weighted by molar-refractivity contribution is 0.0497. The summed E-state index contributed by atoms with van der Waals surface area (Å²) in [7, 11) is 0. The Morgan fingerprint density at radius 3 is 2.46 bits per heavy atom. The van der Waals surface area contributed by atoms with E-state index >= 15 is 0 Å². The molecule has 0 bridgehead atoms. The van der Waals surface area contributed by atoms with Gasteiger partial charge in [0.25, 0.3) is 0 Å². The largest absolute Gasteiger partial charge is 0.443 e. The normalized spacial score (nSPS) is 11.0. The van der Waals surface area contributed by atoms with E-state index in [0.717, 1.165) is 5.56 Å². The molecular weight excluding hydrogens is 308 g/mol. The van der Waals surface area contributed by atoms with Gasteiger partial charge in [0.2, 0.25) is 5.88 Å². The monoisotopic (exact) mass is 330 g/mol. The van der Waals surface area contributed by atoms with E-state index in [9.17, 15) is 4.79 Å². The van der Waals surface area contributed by atoms with E-state index in [1.54, 1.807) is 32.9 Å². The molecule has 0 aliphatic heterocycles. The molecule has 7 heteroatoms. The number of nitrogens with two attached hydrogens (primary N) is 1. The van der Waals surface area contributed by atoms with E-state index in [2.05, 4.69) is 15.8 Å². The number of anilines is 1. The van der Waals surface area contributed by atoms with Crippen LogP contribution in [0, 0.1) is 0 Å². The van der Waals surface area contributed by atoms with Gasteiger partial charge in [-0.3, -0.25) is 5.43 Å². The number of carbonyl (C=O) groups is 1. The highest BCUT2D eigenvalue weighted by atomic mass is 16.6. The maximum absolute atomic E-state index is 11.5. The number of nitrogens with one attached hydrogen (secondary N) is 2. The summed E-state index contributed by atoms with van der Waals surface area (Å²) in [5.74, 6) is 1.14. The molecule has 4 N–H and O–H groups in total. The second kappa shape index (κ2) is 7.65. The molecule has 0 aliphatic carbocycles. The summed E-state index contributed by atoms with van der Waals surface area (Å²) in [4.78, 5) is 15.6. The van der Waals surface area contributed by atoms with E-state index in [-0.39, 0.29) is 0 Å². The Kier molecular flexibility index (Phi) is 5.59. The Balaban J connectivity index is 1.79. The number of amides is 1. The number of hydrogen-bond acceptors (Lipinski definition) is 6. The molecule has 0 atom stereocenters. The van der Waals surface area contributed by atoms with E-state index in [1.807, 2.05) is 24.3 Å². The van der Waals surface area contributed by atoms with Gasteiger partial charge in [-0.25, -0.2) is 15.2 Å². The molecule has 7 nitrogen and oxygen atoms in total. The molecule has 128 valence electrons. The summed E-state index contributed by atoms with van der Waals surface area (Å²) in [6.07, 6.45) is 1.02. The third kappa shape index (κ3) is 6.13. The number of pyridine rings is 1. The van der Waals surface area contributed by atoms with Gasteiger partial charge in [0.05, 0.1) is 11.9 Å². The molecule has 0 saturated heterocycles. The lowest BCUT2D eigenvalue weighted by Gasteiger charge is -2.19. The molecule has 2 rings (SSSR count). The molecule has 1 aromatic heterocycles. The molecule has 2 aromatic rings. The number of hydrogen-bond donors (Lipinski definition) is 3. The Hall–Kier alpha value is -2.80. The van der Waals surface area contributed by atoms with Crippen LogP contribution < -0.4 is 21.3 Å². The Labute approximate surface area is 141 Å². The van der Waals surface area contributed by atoms with Crippen molar-refractivity contribution in [3.05, 3.63) is 48.2 Å². The standard InChI is InChI=1S/C17H22N4O3/c1-17(2,3)24-16(22)21-20-10-12-4-7-14(8-5-12)23-15-9-6-13(18)11-19-15/h4-9,11,20H,10,18H2,1-3H3,(H,21,22). The first-order valence-corrected chi connectivity index (χ1v) is 7.52. The van der Waals surface area contributed by atoms with Gasteiger partial charge in [-0.05, 0) is 44.5 Å². The number of hydrazine groups is 1. The van der Waals surface area contributed by atoms with Crippen LogP contribution in [0.5, 0.6) is 11.6 Å². The highest BCUT2D eigenvalue weighted by molar-refractivity contribution is 5.66. The van der Waals surface area contributed by atoms with E-state index in [4.69, 9.17) is 15.2 Å². The zero-order chi connectivity index (χ0) is 17.6. The summed E-state index contributed by atoms with van der Waals surface area (Å²) < 4.78 is 10.7. The number of ether oxygens (including phenoxy) is 2. The van der Waals surface area contributed by atoms with E-state index in [1.165, 1.54) is 6.20 Å². The fourth-order valence-corrected chi connectivity index (χ4v) is 1.77. The lowest BCUT2D eigenvalue weighted by Crippen LogP contribution is -2.40. The van der Waals surface area contributed by atoms with E-state index < -0.39 is 11.7 Å². The molecule has 0 spiro atoms. The van der Waals surface area contributed by atoms with Gasteiger partial charge in [0, 0.05) is 12.6 Å². The summed E-state index contributed by atoms with van der Waals surface area (Å²) in [6.45, 7) is 5.88. The van der Waals surface area contributed by atoms with Crippen molar-refractivity contribution in [3.8, 4) is 11.6 Å². The minimum atomic E-state index is -0.527. The fourth-order valence-electron chi connectivity index (χ4n) is 1.77. The molecule has 0 unspecified atom stereocenters. The predicted octanol–water partition coefficient (Wildman–Crippen LogP) is 2.99. The van der Waals surface area contributed by atoms with Crippen LogP contribution in [0.2, 0.25) is 0 Å². The van der Waals surface area contributed by atoms with Crippen LogP contribution in [0.3, 0.4) is 0 Å². The number of rotatable bonds is 5. The first-order chi connectivity index (χ1) is 11.3. The van der Waals surface area contributed by atoms with Crippen LogP contribution in [-0.4, -0.2) is 16.7 Å². The molecular formula is C17H22N4O3. The number of nitrogens with zero attached hydrogens (tertiary/aromatic N) is 1. The predicted molar refractivity (Wildman–Crippen MR) is 91.4 cm³/mol. The highest BCUT2D eigenvalue weighted by Gasteiger charge is 2.15.